The molecule has 0 aromatic heterocycles. The molecule has 16 heavy (non-hydrogen) atoms. The normalized spacial score (nSPS) is 21.6. The van der Waals surface area contributed by atoms with Gasteiger partial charge in [-0.25, -0.2) is 0 Å². The summed E-state index contributed by atoms with van der Waals surface area (Å²) < 4.78 is 0. The Hall–Kier alpha value is -1.37. The van der Waals surface area contributed by atoms with Crippen molar-refractivity contribution in [2.24, 2.45) is 0 Å². The van der Waals surface area contributed by atoms with E-state index >= 15 is 0 Å². The highest BCUT2D eigenvalue weighted by Gasteiger charge is 2.18. The number of aliphatic hydroxyl groups excluding tert-OH is 1. The quantitative estimate of drug-likeness (QED) is 0.815. The Balaban J connectivity index is 2.06. The number of benzene rings is 1. The predicted molar refractivity (Wildman–Crippen MR) is 61.7 cm³/mol. The second-order valence-electron chi connectivity index (χ2n) is 4.30. The molecule has 0 aliphatic carbocycles. The Morgan fingerprint density at radius 1 is 1.44 bits per heavy atom. The molecular weight excluding hydrogens is 200 g/mol. The molecule has 0 bridgehead atoms. The molecule has 0 spiro atoms. The van der Waals surface area contributed by atoms with Gasteiger partial charge in [0, 0.05) is 13.1 Å². The molecule has 1 aromatic rings. The van der Waals surface area contributed by atoms with Gasteiger partial charge in [0.05, 0.1) is 17.7 Å². The first-order valence-corrected chi connectivity index (χ1v) is 5.68. The van der Waals surface area contributed by atoms with Crippen LogP contribution in [0.25, 0.3) is 0 Å². The Morgan fingerprint density at radius 3 is 3.00 bits per heavy atom. The fraction of sp³-hybridized carbons (Fsp3) is 0.462. The van der Waals surface area contributed by atoms with Gasteiger partial charge < -0.3 is 5.11 Å². The first-order valence-electron chi connectivity index (χ1n) is 5.68. The number of rotatable bonds is 2. The molecule has 1 aliphatic rings. The summed E-state index contributed by atoms with van der Waals surface area (Å²) in [6.07, 6.45) is 1.73. The maximum Gasteiger partial charge on any atom is 0.0995 e. The van der Waals surface area contributed by atoms with E-state index in [4.69, 9.17) is 5.26 Å². The second kappa shape index (κ2) is 5.11. The molecule has 2 rings (SSSR count). The Morgan fingerprint density at radius 2 is 2.25 bits per heavy atom. The molecule has 1 fully saturated rings. The first-order chi connectivity index (χ1) is 7.79. The average Bonchev–Trinajstić information content (AvgIpc) is 2.30. The number of likely N-dealkylation sites (tertiary alicyclic amines) is 1. The highest BCUT2D eigenvalue weighted by Crippen LogP contribution is 2.15. The summed E-state index contributed by atoms with van der Waals surface area (Å²) in [7, 11) is 0. The largest absolute Gasteiger partial charge is 0.392 e. The minimum absolute atomic E-state index is 0.206. The molecule has 0 radical (unpaired) electrons. The highest BCUT2D eigenvalue weighted by atomic mass is 16.3. The van der Waals surface area contributed by atoms with Crippen LogP contribution >= 0.6 is 0 Å². The van der Waals surface area contributed by atoms with Gasteiger partial charge in [-0.3, -0.25) is 4.90 Å². The third-order valence-electron chi connectivity index (χ3n) is 3.01. The van der Waals surface area contributed by atoms with Crippen molar-refractivity contribution in [2.45, 2.75) is 25.5 Å². The smallest absolute Gasteiger partial charge is 0.0995 e. The van der Waals surface area contributed by atoms with E-state index in [1.165, 1.54) is 0 Å². The molecular formula is C13H16N2O. The minimum atomic E-state index is -0.206. The number of β-amino-alcohol motifs (C(OH)–C–C–N with tert-alkyl or cyclic N) is 1. The van der Waals surface area contributed by atoms with Crippen LogP contribution in [-0.2, 0) is 6.54 Å². The zero-order valence-corrected chi connectivity index (χ0v) is 9.26. The molecule has 3 nitrogen and oxygen atoms in total. The predicted octanol–water partition coefficient (Wildman–Crippen LogP) is 1.51. The average molecular weight is 216 g/mol. The molecule has 1 heterocycles. The highest BCUT2D eigenvalue weighted by molar-refractivity contribution is 5.37. The van der Waals surface area contributed by atoms with Crippen molar-refractivity contribution in [1.29, 1.82) is 5.26 Å². The molecule has 1 aliphatic heterocycles. The van der Waals surface area contributed by atoms with Crippen LogP contribution in [0.5, 0.6) is 0 Å². The van der Waals surface area contributed by atoms with Crippen molar-refractivity contribution in [1.82, 2.24) is 4.90 Å². The molecule has 1 saturated heterocycles. The van der Waals surface area contributed by atoms with Gasteiger partial charge in [-0.2, -0.15) is 5.26 Å². The van der Waals surface area contributed by atoms with E-state index < -0.39 is 0 Å². The monoisotopic (exact) mass is 216 g/mol. The standard InChI is InChI=1S/C13H16N2O/c14-8-11-4-1-2-5-12(11)9-15-7-3-6-13(16)10-15/h1-2,4-5,13,16H,3,6-7,9-10H2/t13-/m1/s1. The Labute approximate surface area is 95.9 Å². The molecule has 1 aromatic carbocycles. The number of hydrogen-bond acceptors (Lipinski definition) is 3. The van der Waals surface area contributed by atoms with Crippen molar-refractivity contribution >= 4 is 0 Å². The van der Waals surface area contributed by atoms with E-state index in [0.717, 1.165) is 43.6 Å². The van der Waals surface area contributed by atoms with Crippen LogP contribution < -0.4 is 0 Å². The Kier molecular flexibility index (Phi) is 3.55. The molecule has 1 atom stereocenters. The first kappa shape index (κ1) is 11.1. The van der Waals surface area contributed by atoms with Gasteiger partial charge in [-0.15, -0.1) is 0 Å². The third kappa shape index (κ3) is 2.60. The maximum atomic E-state index is 9.58. The summed E-state index contributed by atoms with van der Waals surface area (Å²) in [5.41, 5.74) is 1.79. The number of nitriles is 1. The molecule has 0 amide bonds. The third-order valence-corrected chi connectivity index (χ3v) is 3.01. The fourth-order valence-electron chi connectivity index (χ4n) is 2.18. The van der Waals surface area contributed by atoms with Crippen LogP contribution in [0.4, 0.5) is 0 Å². The number of aliphatic hydroxyl groups is 1. The summed E-state index contributed by atoms with van der Waals surface area (Å²) in [6.45, 7) is 2.50. The zero-order chi connectivity index (χ0) is 11.4. The van der Waals surface area contributed by atoms with Crippen LogP contribution in [0.1, 0.15) is 24.0 Å². The molecule has 84 valence electrons. The molecule has 1 N–H and O–H groups in total. The van der Waals surface area contributed by atoms with Gasteiger partial charge in [0.1, 0.15) is 0 Å². The topological polar surface area (TPSA) is 47.3 Å². The summed E-state index contributed by atoms with van der Waals surface area (Å²) >= 11 is 0. The van der Waals surface area contributed by atoms with Gasteiger partial charge >= 0.3 is 0 Å². The van der Waals surface area contributed by atoms with Gasteiger partial charge in [-0.05, 0) is 31.0 Å². The van der Waals surface area contributed by atoms with Crippen LogP contribution in [0.3, 0.4) is 0 Å². The number of nitrogens with zero attached hydrogens (tertiary/aromatic N) is 2. The summed E-state index contributed by atoms with van der Waals surface area (Å²) in [4.78, 5) is 2.21. The summed E-state index contributed by atoms with van der Waals surface area (Å²) in [6, 6.07) is 9.87. The number of piperidine rings is 1. The van der Waals surface area contributed by atoms with E-state index in [9.17, 15) is 5.11 Å². The van der Waals surface area contributed by atoms with Crippen molar-refractivity contribution < 1.29 is 5.11 Å². The Bertz CT molecular complexity index is 397. The lowest BCUT2D eigenvalue weighted by molar-refractivity contribution is 0.0668. The van der Waals surface area contributed by atoms with E-state index in [-0.39, 0.29) is 6.10 Å². The minimum Gasteiger partial charge on any atom is -0.392 e. The molecule has 0 unspecified atom stereocenters. The van der Waals surface area contributed by atoms with Crippen molar-refractivity contribution in [3.05, 3.63) is 35.4 Å². The lowest BCUT2D eigenvalue weighted by Crippen LogP contribution is -2.37. The maximum absolute atomic E-state index is 9.58. The lowest BCUT2D eigenvalue weighted by atomic mass is 10.0. The summed E-state index contributed by atoms with van der Waals surface area (Å²) in [5.74, 6) is 0. The van der Waals surface area contributed by atoms with Crippen LogP contribution in [0.15, 0.2) is 24.3 Å². The van der Waals surface area contributed by atoms with Crippen molar-refractivity contribution in [3.8, 4) is 6.07 Å². The lowest BCUT2D eigenvalue weighted by Gasteiger charge is -2.30. The van der Waals surface area contributed by atoms with E-state index in [1.54, 1.807) is 0 Å². The van der Waals surface area contributed by atoms with Gasteiger partial charge in [0.15, 0.2) is 0 Å². The zero-order valence-electron chi connectivity index (χ0n) is 9.26. The van der Waals surface area contributed by atoms with Crippen LogP contribution in [0, 0.1) is 11.3 Å². The van der Waals surface area contributed by atoms with Crippen LogP contribution in [0.2, 0.25) is 0 Å². The van der Waals surface area contributed by atoms with E-state index in [0.29, 0.717) is 0 Å². The second-order valence-corrected chi connectivity index (χ2v) is 4.30. The van der Waals surface area contributed by atoms with Crippen LogP contribution in [-0.4, -0.2) is 29.2 Å². The van der Waals surface area contributed by atoms with Gasteiger partial charge in [0.25, 0.3) is 0 Å². The molecule has 3 heteroatoms. The summed E-state index contributed by atoms with van der Waals surface area (Å²) in [5, 5.41) is 18.6. The van der Waals surface area contributed by atoms with Crippen molar-refractivity contribution in [3.63, 3.8) is 0 Å². The fourth-order valence-corrected chi connectivity index (χ4v) is 2.18. The molecule has 0 saturated carbocycles. The van der Waals surface area contributed by atoms with E-state index in [1.807, 2.05) is 24.3 Å². The number of hydrogen-bond donors (Lipinski definition) is 1. The van der Waals surface area contributed by atoms with Crippen molar-refractivity contribution in [2.75, 3.05) is 13.1 Å². The van der Waals surface area contributed by atoms with Gasteiger partial charge in [-0.1, -0.05) is 18.2 Å². The van der Waals surface area contributed by atoms with E-state index in [2.05, 4.69) is 11.0 Å². The van der Waals surface area contributed by atoms with Gasteiger partial charge in [0.2, 0.25) is 0 Å². The SMILES string of the molecule is N#Cc1ccccc1CN1CCC[C@@H](O)C1.